The fraction of sp³-hybridized carbons (Fsp3) is 0.235. The summed E-state index contributed by atoms with van der Waals surface area (Å²) in [6, 6.07) is 8.36. The fourth-order valence-corrected chi connectivity index (χ4v) is 2.83. The maximum Gasteiger partial charge on any atom is 0.411 e. The minimum absolute atomic E-state index is 0.0995. The van der Waals surface area contributed by atoms with Crippen molar-refractivity contribution in [3.8, 4) is 5.88 Å². The van der Waals surface area contributed by atoms with Crippen LogP contribution in [-0.2, 0) is 0 Å². The lowest BCUT2D eigenvalue weighted by molar-refractivity contribution is 0.206. The van der Waals surface area contributed by atoms with Gasteiger partial charge < -0.3 is 10.5 Å². The van der Waals surface area contributed by atoms with Crippen LogP contribution in [0.1, 0.15) is 42.6 Å². The Kier molecular flexibility index (Phi) is 4.59. The molecule has 25 heavy (non-hydrogen) atoms. The average molecular weight is 363 g/mol. The molecule has 2 aromatic heterocycles. The lowest BCUT2D eigenvalue weighted by atomic mass is 10.0. The highest BCUT2D eigenvalue weighted by atomic mass is 35.5. The molecule has 0 aliphatic heterocycles. The van der Waals surface area contributed by atoms with Crippen molar-refractivity contribution in [2.24, 2.45) is 5.73 Å². The van der Waals surface area contributed by atoms with Crippen molar-refractivity contribution in [2.75, 3.05) is 0 Å². The van der Waals surface area contributed by atoms with E-state index in [2.05, 4.69) is 10.1 Å². The Morgan fingerprint density at radius 1 is 1.32 bits per heavy atom. The van der Waals surface area contributed by atoms with E-state index < -0.39 is 12.3 Å². The van der Waals surface area contributed by atoms with Gasteiger partial charge in [0.05, 0.1) is 11.8 Å². The second kappa shape index (κ2) is 6.68. The van der Waals surface area contributed by atoms with Gasteiger partial charge in [0.25, 0.3) is 0 Å². The first-order valence-corrected chi connectivity index (χ1v) is 8.01. The summed E-state index contributed by atoms with van der Waals surface area (Å²) in [6.45, 7) is 3.91. The molecule has 0 saturated carbocycles. The summed E-state index contributed by atoms with van der Waals surface area (Å²) in [7, 11) is 0. The summed E-state index contributed by atoms with van der Waals surface area (Å²) in [5, 5.41) is 4.06. The molecule has 2 N–H and O–H groups in total. The first-order chi connectivity index (χ1) is 11.9. The van der Waals surface area contributed by atoms with Gasteiger partial charge >= 0.3 is 6.09 Å². The van der Waals surface area contributed by atoms with Gasteiger partial charge in [0, 0.05) is 5.56 Å². The highest BCUT2D eigenvalue weighted by Crippen LogP contribution is 2.38. The Bertz CT molecular complexity index is 927. The second-order valence-electron chi connectivity index (χ2n) is 5.81. The minimum Gasteiger partial charge on any atom is -0.391 e. The number of carbonyl (C=O) groups is 1. The van der Waals surface area contributed by atoms with E-state index in [1.807, 2.05) is 13.8 Å². The molecule has 0 spiro atoms. The van der Waals surface area contributed by atoms with Crippen LogP contribution in [0.5, 0.6) is 5.88 Å². The third-order valence-electron chi connectivity index (χ3n) is 3.79. The zero-order valence-corrected chi connectivity index (χ0v) is 14.4. The molecule has 1 aromatic carbocycles. The van der Waals surface area contributed by atoms with E-state index in [0.29, 0.717) is 11.2 Å². The standard InChI is InChI=1S/C17H16ClFN4O2/c1-9(2)11-8-21-23-15(11)22-14(18)12(16(23)25-17(20)24)13(19)10-6-4-3-5-7-10/h3-9,13H,1-2H3,(H2,20,24). The summed E-state index contributed by atoms with van der Waals surface area (Å²) >= 11 is 6.25. The molecule has 3 rings (SSSR count). The van der Waals surface area contributed by atoms with E-state index in [9.17, 15) is 4.79 Å². The Morgan fingerprint density at radius 3 is 2.60 bits per heavy atom. The predicted octanol–water partition coefficient (Wildman–Crippen LogP) is 4.02. The molecule has 0 saturated heterocycles. The molecule has 3 aromatic rings. The van der Waals surface area contributed by atoms with Crippen molar-refractivity contribution >= 4 is 23.3 Å². The highest BCUT2D eigenvalue weighted by molar-refractivity contribution is 6.30. The third-order valence-corrected chi connectivity index (χ3v) is 4.07. The number of hydrogen-bond donors (Lipinski definition) is 1. The molecule has 0 fully saturated rings. The van der Waals surface area contributed by atoms with Gasteiger partial charge in [-0.25, -0.2) is 14.2 Å². The number of amides is 1. The Labute approximate surface area is 148 Å². The topological polar surface area (TPSA) is 82.5 Å². The molecule has 8 heteroatoms. The zero-order chi connectivity index (χ0) is 18.1. The zero-order valence-electron chi connectivity index (χ0n) is 13.6. The number of nitrogens with zero attached hydrogens (tertiary/aromatic N) is 3. The van der Waals surface area contributed by atoms with Crippen LogP contribution in [0.2, 0.25) is 5.15 Å². The average Bonchev–Trinajstić information content (AvgIpc) is 2.98. The van der Waals surface area contributed by atoms with Crippen LogP contribution in [-0.4, -0.2) is 20.7 Å². The Morgan fingerprint density at radius 2 is 2.00 bits per heavy atom. The third kappa shape index (κ3) is 3.15. The lowest BCUT2D eigenvalue weighted by Gasteiger charge is -2.16. The van der Waals surface area contributed by atoms with Gasteiger partial charge in [-0.05, 0) is 11.5 Å². The minimum atomic E-state index is -1.66. The number of halogens is 2. The maximum absolute atomic E-state index is 15.1. The van der Waals surface area contributed by atoms with Crippen LogP contribution in [0.4, 0.5) is 9.18 Å². The van der Waals surface area contributed by atoms with E-state index >= 15 is 4.39 Å². The van der Waals surface area contributed by atoms with E-state index in [1.165, 1.54) is 4.52 Å². The van der Waals surface area contributed by atoms with E-state index in [-0.39, 0.29) is 22.5 Å². The molecule has 130 valence electrons. The molecule has 1 unspecified atom stereocenters. The number of hydrogen-bond acceptors (Lipinski definition) is 4. The number of primary amides is 1. The lowest BCUT2D eigenvalue weighted by Crippen LogP contribution is -2.20. The molecular formula is C17H16ClFN4O2. The van der Waals surface area contributed by atoms with Gasteiger partial charge in [-0.15, -0.1) is 0 Å². The molecular weight excluding hydrogens is 347 g/mol. The van der Waals surface area contributed by atoms with Crippen LogP contribution in [0.25, 0.3) is 5.65 Å². The molecule has 0 aliphatic rings. The van der Waals surface area contributed by atoms with Gasteiger partial charge in [-0.3, -0.25) is 0 Å². The summed E-state index contributed by atoms with van der Waals surface area (Å²) in [5.74, 6) is -0.0746. The van der Waals surface area contributed by atoms with Gasteiger partial charge in [0.15, 0.2) is 11.8 Å². The first-order valence-electron chi connectivity index (χ1n) is 7.63. The van der Waals surface area contributed by atoms with Crippen LogP contribution in [0, 0.1) is 0 Å². The highest BCUT2D eigenvalue weighted by Gasteiger charge is 2.28. The maximum atomic E-state index is 15.1. The van der Waals surface area contributed by atoms with Crippen molar-refractivity contribution in [1.82, 2.24) is 14.6 Å². The van der Waals surface area contributed by atoms with Crippen molar-refractivity contribution in [3.63, 3.8) is 0 Å². The Balaban J connectivity index is 2.27. The van der Waals surface area contributed by atoms with Gasteiger partial charge in [0.1, 0.15) is 5.15 Å². The fourth-order valence-electron chi connectivity index (χ4n) is 2.57. The van der Waals surface area contributed by atoms with Crippen molar-refractivity contribution in [1.29, 1.82) is 0 Å². The molecule has 0 aliphatic carbocycles. The van der Waals surface area contributed by atoms with E-state index in [4.69, 9.17) is 22.1 Å². The molecule has 1 atom stereocenters. The number of aromatic nitrogens is 3. The van der Waals surface area contributed by atoms with Crippen LogP contribution in [0.15, 0.2) is 36.5 Å². The number of carbonyl (C=O) groups excluding carboxylic acids is 1. The summed E-state index contributed by atoms with van der Waals surface area (Å²) in [5.41, 5.74) is 6.57. The van der Waals surface area contributed by atoms with Crippen LogP contribution in [0.3, 0.4) is 0 Å². The normalized spacial score (nSPS) is 12.5. The number of fused-ring (bicyclic) bond motifs is 1. The second-order valence-corrected chi connectivity index (χ2v) is 6.16. The van der Waals surface area contributed by atoms with E-state index in [1.54, 1.807) is 36.5 Å². The summed E-state index contributed by atoms with van der Waals surface area (Å²) in [4.78, 5) is 15.6. The van der Waals surface area contributed by atoms with Crippen LogP contribution < -0.4 is 10.5 Å². The van der Waals surface area contributed by atoms with Crippen molar-refractivity contribution in [3.05, 3.63) is 58.4 Å². The van der Waals surface area contributed by atoms with Crippen LogP contribution >= 0.6 is 11.6 Å². The molecule has 1 amide bonds. The number of alkyl halides is 1. The SMILES string of the molecule is CC(C)c1cnn2c(OC(N)=O)c(C(F)c3ccccc3)c(Cl)nc12. The number of nitrogens with two attached hydrogens (primary N) is 1. The summed E-state index contributed by atoms with van der Waals surface area (Å²) < 4.78 is 21.4. The molecule has 0 radical (unpaired) electrons. The van der Waals surface area contributed by atoms with Gasteiger partial charge in [-0.2, -0.15) is 9.61 Å². The quantitative estimate of drug-likeness (QED) is 0.710. The van der Waals surface area contributed by atoms with Gasteiger partial charge in [0.2, 0.25) is 5.88 Å². The molecule has 2 heterocycles. The van der Waals surface area contributed by atoms with E-state index in [0.717, 1.165) is 5.56 Å². The smallest absolute Gasteiger partial charge is 0.391 e. The van der Waals surface area contributed by atoms with Gasteiger partial charge in [-0.1, -0.05) is 55.8 Å². The van der Waals surface area contributed by atoms with Crippen molar-refractivity contribution < 1.29 is 13.9 Å². The number of rotatable bonds is 4. The monoisotopic (exact) mass is 362 g/mol. The molecule has 0 bridgehead atoms. The number of benzene rings is 1. The predicted molar refractivity (Wildman–Crippen MR) is 91.7 cm³/mol. The largest absolute Gasteiger partial charge is 0.411 e. The molecule has 6 nitrogen and oxygen atoms in total. The Hall–Kier alpha value is -2.67. The van der Waals surface area contributed by atoms with Crippen molar-refractivity contribution in [2.45, 2.75) is 25.9 Å². The summed E-state index contributed by atoms with van der Waals surface area (Å²) in [6.07, 6.45) is -1.17. The number of ether oxygens (including phenoxy) is 1. The first kappa shape index (κ1) is 17.2.